The minimum atomic E-state index is 0.459. The van der Waals surface area contributed by atoms with Gasteiger partial charge in [-0.1, -0.05) is 12.7 Å². The molecule has 0 aliphatic rings. The lowest BCUT2D eigenvalue weighted by Gasteiger charge is -2.13. The molecule has 16 heavy (non-hydrogen) atoms. The number of nitrogens with one attached hydrogen (secondary N) is 1. The molecule has 0 unspecified atom stereocenters. The Morgan fingerprint density at radius 3 is 2.81 bits per heavy atom. The van der Waals surface area contributed by atoms with E-state index in [0.29, 0.717) is 12.4 Å². The third-order valence-electron chi connectivity index (χ3n) is 2.02. The molecule has 0 saturated heterocycles. The van der Waals surface area contributed by atoms with Crippen LogP contribution in [0.2, 0.25) is 0 Å². The van der Waals surface area contributed by atoms with Crippen LogP contribution in [0.5, 0.6) is 11.5 Å². The smallest absolute Gasteiger partial charge is 0.175 e. The van der Waals surface area contributed by atoms with Gasteiger partial charge in [-0.3, -0.25) is 0 Å². The van der Waals surface area contributed by atoms with Crippen molar-refractivity contribution in [1.29, 1.82) is 0 Å². The Hall–Kier alpha value is -1.00. The summed E-state index contributed by atoms with van der Waals surface area (Å²) in [5, 5.41) is 3.09. The predicted molar refractivity (Wildman–Crippen MR) is 69.1 cm³/mol. The first-order valence-corrected chi connectivity index (χ1v) is 5.77. The van der Waals surface area contributed by atoms with Crippen molar-refractivity contribution in [3.05, 3.63) is 34.8 Å². The summed E-state index contributed by atoms with van der Waals surface area (Å²) in [7, 11) is 3.54. The molecular weight excluding hydrogens is 270 g/mol. The van der Waals surface area contributed by atoms with Gasteiger partial charge < -0.3 is 14.8 Å². The molecule has 0 fully saturated rings. The van der Waals surface area contributed by atoms with Gasteiger partial charge in [0.2, 0.25) is 0 Å². The number of hydrogen-bond donors (Lipinski definition) is 1. The molecule has 0 aliphatic heterocycles. The van der Waals surface area contributed by atoms with E-state index in [4.69, 9.17) is 9.47 Å². The topological polar surface area (TPSA) is 30.5 Å². The van der Waals surface area contributed by atoms with Gasteiger partial charge in [0.25, 0.3) is 0 Å². The minimum Gasteiger partial charge on any atom is -0.493 e. The molecule has 0 atom stereocenters. The number of ether oxygens (including phenoxy) is 2. The van der Waals surface area contributed by atoms with E-state index in [9.17, 15) is 0 Å². The van der Waals surface area contributed by atoms with E-state index in [0.717, 1.165) is 22.3 Å². The molecule has 3 nitrogen and oxygen atoms in total. The van der Waals surface area contributed by atoms with E-state index < -0.39 is 0 Å². The van der Waals surface area contributed by atoms with Crippen LogP contribution >= 0.6 is 15.9 Å². The van der Waals surface area contributed by atoms with Gasteiger partial charge in [0.1, 0.15) is 6.61 Å². The lowest BCUT2D eigenvalue weighted by atomic mass is 10.2. The molecule has 1 rings (SSSR count). The van der Waals surface area contributed by atoms with Gasteiger partial charge in [0, 0.05) is 6.54 Å². The van der Waals surface area contributed by atoms with Crippen molar-refractivity contribution in [1.82, 2.24) is 5.32 Å². The van der Waals surface area contributed by atoms with E-state index in [-0.39, 0.29) is 0 Å². The van der Waals surface area contributed by atoms with Crippen LogP contribution in [0.25, 0.3) is 0 Å². The summed E-state index contributed by atoms with van der Waals surface area (Å²) >= 11 is 3.47. The second-order valence-corrected chi connectivity index (χ2v) is 4.09. The molecule has 0 amide bonds. The maximum atomic E-state index is 5.53. The molecule has 88 valence electrons. The summed E-state index contributed by atoms with van der Waals surface area (Å²) in [6.45, 7) is 4.86. The second kappa shape index (κ2) is 6.55. The number of rotatable bonds is 6. The van der Waals surface area contributed by atoms with Crippen molar-refractivity contribution in [2.24, 2.45) is 0 Å². The third-order valence-corrected chi connectivity index (χ3v) is 2.60. The molecule has 0 saturated carbocycles. The summed E-state index contributed by atoms with van der Waals surface area (Å²) in [5.41, 5.74) is 1.14. The van der Waals surface area contributed by atoms with Gasteiger partial charge in [0.15, 0.2) is 11.5 Å². The maximum absolute atomic E-state index is 5.53. The van der Waals surface area contributed by atoms with Crippen molar-refractivity contribution < 1.29 is 9.47 Å². The zero-order valence-electron chi connectivity index (χ0n) is 9.55. The quantitative estimate of drug-likeness (QED) is 0.816. The normalized spacial score (nSPS) is 9.94. The van der Waals surface area contributed by atoms with Gasteiger partial charge in [0.05, 0.1) is 11.6 Å². The fourth-order valence-corrected chi connectivity index (χ4v) is 1.97. The average Bonchev–Trinajstić information content (AvgIpc) is 2.27. The van der Waals surface area contributed by atoms with Crippen LogP contribution in [0.4, 0.5) is 0 Å². The molecule has 0 bridgehead atoms. The molecule has 1 N–H and O–H groups in total. The van der Waals surface area contributed by atoms with Crippen LogP contribution in [0.3, 0.4) is 0 Å². The third kappa shape index (κ3) is 3.25. The molecule has 1 aromatic carbocycles. The summed E-state index contributed by atoms with van der Waals surface area (Å²) in [6.07, 6.45) is 1.70. The Morgan fingerprint density at radius 1 is 1.50 bits per heavy atom. The summed E-state index contributed by atoms with van der Waals surface area (Å²) in [4.78, 5) is 0. The maximum Gasteiger partial charge on any atom is 0.175 e. The zero-order valence-corrected chi connectivity index (χ0v) is 11.1. The SMILES string of the molecule is C=CCOc1c(Br)cc(CNC)cc1OC. The average molecular weight is 286 g/mol. The highest BCUT2D eigenvalue weighted by atomic mass is 79.9. The highest BCUT2D eigenvalue weighted by Crippen LogP contribution is 2.36. The van der Waals surface area contributed by atoms with Crippen molar-refractivity contribution in [2.75, 3.05) is 20.8 Å². The number of methoxy groups -OCH3 is 1. The molecule has 0 heterocycles. The number of halogens is 1. The van der Waals surface area contributed by atoms with Crippen molar-refractivity contribution in [3.63, 3.8) is 0 Å². The Morgan fingerprint density at radius 2 is 2.25 bits per heavy atom. The molecule has 0 spiro atoms. The molecule has 0 aliphatic carbocycles. The fourth-order valence-electron chi connectivity index (χ4n) is 1.36. The Kier molecular flexibility index (Phi) is 5.35. The van der Waals surface area contributed by atoms with Crippen LogP contribution in [0.15, 0.2) is 29.3 Å². The van der Waals surface area contributed by atoms with Crippen molar-refractivity contribution >= 4 is 15.9 Å². The van der Waals surface area contributed by atoms with Gasteiger partial charge in [-0.2, -0.15) is 0 Å². The van der Waals surface area contributed by atoms with E-state index in [2.05, 4.69) is 27.8 Å². The predicted octanol–water partition coefficient (Wildman–Crippen LogP) is 2.74. The van der Waals surface area contributed by atoms with Gasteiger partial charge in [-0.05, 0) is 40.7 Å². The number of benzene rings is 1. The van der Waals surface area contributed by atoms with Crippen LogP contribution in [-0.2, 0) is 6.54 Å². The highest BCUT2D eigenvalue weighted by molar-refractivity contribution is 9.10. The minimum absolute atomic E-state index is 0.459. The number of hydrogen-bond acceptors (Lipinski definition) is 3. The van der Waals surface area contributed by atoms with E-state index in [1.165, 1.54) is 0 Å². The standard InChI is InChI=1S/C12H16BrNO2/c1-4-5-16-12-10(13)6-9(8-14-2)7-11(12)15-3/h4,6-7,14H,1,5,8H2,2-3H3. The van der Waals surface area contributed by atoms with E-state index in [1.54, 1.807) is 13.2 Å². The second-order valence-electron chi connectivity index (χ2n) is 3.24. The zero-order chi connectivity index (χ0) is 12.0. The summed E-state index contributed by atoms with van der Waals surface area (Å²) in [5.74, 6) is 1.43. The highest BCUT2D eigenvalue weighted by Gasteiger charge is 2.10. The Bertz CT molecular complexity index is 366. The summed E-state index contributed by atoms with van der Waals surface area (Å²) < 4.78 is 11.7. The first-order valence-electron chi connectivity index (χ1n) is 4.97. The van der Waals surface area contributed by atoms with Crippen LogP contribution in [0, 0.1) is 0 Å². The van der Waals surface area contributed by atoms with E-state index in [1.807, 2.05) is 19.2 Å². The molecular formula is C12H16BrNO2. The van der Waals surface area contributed by atoms with Crippen LogP contribution in [-0.4, -0.2) is 20.8 Å². The summed E-state index contributed by atoms with van der Waals surface area (Å²) in [6, 6.07) is 3.97. The lowest BCUT2D eigenvalue weighted by molar-refractivity contribution is 0.324. The first kappa shape index (κ1) is 13.1. The molecule has 1 aromatic rings. The molecule has 0 radical (unpaired) electrons. The molecule has 0 aromatic heterocycles. The Labute approximate surface area is 105 Å². The van der Waals surface area contributed by atoms with Gasteiger partial charge >= 0.3 is 0 Å². The van der Waals surface area contributed by atoms with Crippen LogP contribution < -0.4 is 14.8 Å². The van der Waals surface area contributed by atoms with Crippen LogP contribution in [0.1, 0.15) is 5.56 Å². The largest absolute Gasteiger partial charge is 0.493 e. The Balaban J connectivity index is 3.02. The monoisotopic (exact) mass is 285 g/mol. The first-order chi connectivity index (χ1) is 7.72. The van der Waals surface area contributed by atoms with Crippen molar-refractivity contribution in [3.8, 4) is 11.5 Å². The molecule has 4 heteroatoms. The fraction of sp³-hybridized carbons (Fsp3) is 0.333. The van der Waals surface area contributed by atoms with Crippen molar-refractivity contribution in [2.45, 2.75) is 6.54 Å². The lowest BCUT2D eigenvalue weighted by Crippen LogP contribution is -2.06. The van der Waals surface area contributed by atoms with Gasteiger partial charge in [-0.25, -0.2) is 0 Å². The van der Waals surface area contributed by atoms with Gasteiger partial charge in [-0.15, -0.1) is 0 Å². The van der Waals surface area contributed by atoms with E-state index >= 15 is 0 Å².